The minimum atomic E-state index is -4.84. The summed E-state index contributed by atoms with van der Waals surface area (Å²) in [6.07, 6.45) is -4.28. The van der Waals surface area contributed by atoms with E-state index in [1.807, 2.05) is 37.5 Å². The molecule has 3 heterocycles. The van der Waals surface area contributed by atoms with Crippen molar-refractivity contribution in [3.63, 3.8) is 0 Å². The highest BCUT2D eigenvalue weighted by Crippen LogP contribution is 2.37. The number of hydrogen-bond acceptors (Lipinski definition) is 4. The van der Waals surface area contributed by atoms with Gasteiger partial charge in [0.05, 0.1) is 30.0 Å². The maximum absolute atomic E-state index is 12.8. The second-order valence-electron chi connectivity index (χ2n) is 7.60. The van der Waals surface area contributed by atoms with Gasteiger partial charge in [0.15, 0.2) is 0 Å². The molecule has 5 nitrogen and oxygen atoms in total. The highest BCUT2D eigenvalue weighted by atomic mass is 35.5. The lowest BCUT2D eigenvalue weighted by Crippen LogP contribution is -2.17. The molecule has 1 atom stereocenters. The van der Waals surface area contributed by atoms with Gasteiger partial charge in [-0.1, -0.05) is 11.6 Å². The molecule has 0 bridgehead atoms. The van der Waals surface area contributed by atoms with E-state index in [9.17, 15) is 13.2 Å². The van der Waals surface area contributed by atoms with Crippen molar-refractivity contribution in [1.29, 1.82) is 0 Å². The Bertz CT molecular complexity index is 1110. The minimum absolute atomic E-state index is 0.0684. The monoisotopic (exact) mass is 451 g/mol. The van der Waals surface area contributed by atoms with Gasteiger partial charge in [-0.2, -0.15) is 0 Å². The van der Waals surface area contributed by atoms with Crippen LogP contribution < -0.4 is 4.74 Å². The average Bonchev–Trinajstić information content (AvgIpc) is 2.88. The fourth-order valence-electron chi connectivity index (χ4n) is 3.87. The number of halogens is 4. The number of benzene rings is 1. The van der Waals surface area contributed by atoms with Crippen molar-refractivity contribution in [1.82, 2.24) is 14.5 Å². The Morgan fingerprint density at radius 2 is 1.81 bits per heavy atom. The molecular formula is C22H21ClF3N3O2. The number of pyridine rings is 1. The summed E-state index contributed by atoms with van der Waals surface area (Å²) in [5.74, 6) is 0.0808. The Balaban J connectivity index is 1.89. The molecule has 2 aromatic heterocycles. The molecule has 4 rings (SSSR count). The second-order valence-corrected chi connectivity index (χ2v) is 8.01. The van der Waals surface area contributed by atoms with Crippen LogP contribution in [0, 0.1) is 13.8 Å². The number of aryl methyl sites for hydroxylation is 2. The third-order valence-corrected chi connectivity index (χ3v) is 5.34. The lowest BCUT2D eigenvalue weighted by atomic mass is 10.1. The Kier molecular flexibility index (Phi) is 5.70. The van der Waals surface area contributed by atoms with Crippen molar-refractivity contribution in [3.05, 3.63) is 52.4 Å². The lowest BCUT2D eigenvalue weighted by molar-refractivity contribution is -0.274. The maximum atomic E-state index is 12.8. The lowest BCUT2D eigenvalue weighted by Gasteiger charge is -2.14. The Labute approximate surface area is 182 Å². The number of nitrogens with zero attached hydrogens (tertiary/aromatic N) is 3. The van der Waals surface area contributed by atoms with Crippen LogP contribution >= 0.6 is 11.6 Å². The van der Waals surface area contributed by atoms with Gasteiger partial charge in [0.25, 0.3) is 0 Å². The SMILES string of the molecule is Cc1cc(-c2nc(-c3ccc(Cl)c(OC(F)(F)F)c3)n3c2CCO[C@H](C)C3)cc(C)n1. The average molecular weight is 452 g/mol. The summed E-state index contributed by atoms with van der Waals surface area (Å²) in [6, 6.07) is 8.21. The highest BCUT2D eigenvalue weighted by Gasteiger charge is 2.32. The quantitative estimate of drug-likeness (QED) is 0.509. The Morgan fingerprint density at radius 3 is 2.48 bits per heavy atom. The fraction of sp³-hybridized carbons (Fsp3) is 0.364. The summed E-state index contributed by atoms with van der Waals surface area (Å²) in [5.41, 5.74) is 4.86. The van der Waals surface area contributed by atoms with E-state index in [4.69, 9.17) is 21.3 Å². The molecule has 3 aromatic rings. The normalized spacial score (nSPS) is 16.7. The third kappa shape index (κ3) is 4.70. The summed E-state index contributed by atoms with van der Waals surface area (Å²) in [6.45, 7) is 6.85. The summed E-state index contributed by atoms with van der Waals surface area (Å²) in [5, 5.41) is -0.124. The minimum Gasteiger partial charge on any atom is -0.404 e. The van der Waals surface area contributed by atoms with Crippen LogP contribution in [0.25, 0.3) is 22.6 Å². The fourth-order valence-corrected chi connectivity index (χ4v) is 4.03. The molecule has 164 valence electrons. The van der Waals surface area contributed by atoms with E-state index in [2.05, 4.69) is 9.72 Å². The number of hydrogen-bond donors (Lipinski definition) is 0. The molecule has 1 aliphatic rings. The molecule has 0 amide bonds. The van der Waals surface area contributed by atoms with Gasteiger partial charge in [-0.25, -0.2) is 4.98 Å². The molecule has 0 fully saturated rings. The van der Waals surface area contributed by atoms with Crippen molar-refractivity contribution in [2.75, 3.05) is 6.61 Å². The van der Waals surface area contributed by atoms with Gasteiger partial charge in [0, 0.05) is 34.6 Å². The number of ether oxygens (including phenoxy) is 2. The first kappa shape index (κ1) is 21.6. The number of aromatic nitrogens is 3. The highest BCUT2D eigenvalue weighted by molar-refractivity contribution is 6.32. The van der Waals surface area contributed by atoms with Gasteiger partial charge in [-0.15, -0.1) is 13.2 Å². The van der Waals surface area contributed by atoms with Crippen molar-refractivity contribution >= 4 is 11.6 Å². The Hall–Kier alpha value is -2.58. The van der Waals surface area contributed by atoms with Crippen LogP contribution in [0.3, 0.4) is 0 Å². The van der Waals surface area contributed by atoms with Crippen LogP contribution in [0.4, 0.5) is 13.2 Å². The molecule has 1 aromatic carbocycles. The standard InChI is InChI=1S/C22H21ClF3N3O2/c1-12-8-16(9-13(2)27-12)20-18-6-7-30-14(3)11-29(18)21(28-20)15-4-5-17(23)19(10-15)31-22(24,25)26/h4-5,8-10,14H,6-7,11H2,1-3H3/t14-/m1/s1. The maximum Gasteiger partial charge on any atom is 0.573 e. The topological polar surface area (TPSA) is 49.2 Å². The van der Waals surface area contributed by atoms with E-state index in [0.717, 1.165) is 28.3 Å². The van der Waals surface area contributed by atoms with E-state index in [1.54, 1.807) is 6.07 Å². The zero-order valence-corrected chi connectivity index (χ0v) is 18.0. The first-order valence-electron chi connectivity index (χ1n) is 9.83. The van der Waals surface area contributed by atoms with Crippen LogP contribution in [0.15, 0.2) is 30.3 Å². The van der Waals surface area contributed by atoms with E-state index < -0.39 is 12.1 Å². The van der Waals surface area contributed by atoms with Crippen molar-refractivity contribution < 1.29 is 22.6 Å². The van der Waals surface area contributed by atoms with Gasteiger partial charge < -0.3 is 14.0 Å². The largest absolute Gasteiger partial charge is 0.573 e. The van der Waals surface area contributed by atoms with Gasteiger partial charge in [0.1, 0.15) is 11.6 Å². The molecule has 9 heteroatoms. The van der Waals surface area contributed by atoms with E-state index >= 15 is 0 Å². The summed E-state index contributed by atoms with van der Waals surface area (Å²) in [7, 11) is 0. The van der Waals surface area contributed by atoms with Crippen LogP contribution in [0.1, 0.15) is 24.0 Å². The summed E-state index contributed by atoms with van der Waals surface area (Å²) in [4.78, 5) is 9.28. The van der Waals surface area contributed by atoms with E-state index in [0.29, 0.717) is 31.0 Å². The number of alkyl halides is 3. The molecule has 0 spiro atoms. The van der Waals surface area contributed by atoms with Crippen molar-refractivity contribution in [2.24, 2.45) is 0 Å². The molecule has 0 radical (unpaired) electrons. The van der Waals surface area contributed by atoms with Crippen LogP contribution in [-0.4, -0.2) is 33.6 Å². The predicted molar refractivity (Wildman–Crippen MR) is 111 cm³/mol. The molecule has 31 heavy (non-hydrogen) atoms. The molecule has 0 N–H and O–H groups in total. The number of fused-ring (bicyclic) bond motifs is 1. The smallest absolute Gasteiger partial charge is 0.404 e. The van der Waals surface area contributed by atoms with Crippen LogP contribution in [-0.2, 0) is 17.7 Å². The summed E-state index contributed by atoms with van der Waals surface area (Å²) >= 11 is 5.94. The van der Waals surface area contributed by atoms with Gasteiger partial charge in [-0.05, 0) is 51.1 Å². The predicted octanol–water partition coefficient (Wildman–Crippen LogP) is 5.74. The van der Waals surface area contributed by atoms with Gasteiger partial charge in [-0.3, -0.25) is 4.98 Å². The molecule has 0 saturated heterocycles. The van der Waals surface area contributed by atoms with Gasteiger partial charge >= 0.3 is 6.36 Å². The third-order valence-electron chi connectivity index (χ3n) is 5.02. The molecule has 1 aliphatic heterocycles. The van der Waals surface area contributed by atoms with Crippen molar-refractivity contribution in [2.45, 2.75) is 46.2 Å². The first-order valence-corrected chi connectivity index (χ1v) is 10.2. The van der Waals surface area contributed by atoms with Crippen molar-refractivity contribution in [3.8, 4) is 28.4 Å². The molecule has 0 aliphatic carbocycles. The number of imidazole rings is 1. The number of rotatable bonds is 3. The molecular weight excluding hydrogens is 431 g/mol. The van der Waals surface area contributed by atoms with E-state index in [1.165, 1.54) is 12.1 Å². The zero-order chi connectivity index (χ0) is 22.3. The molecule has 0 unspecified atom stereocenters. The Morgan fingerprint density at radius 1 is 1.10 bits per heavy atom. The van der Waals surface area contributed by atoms with Gasteiger partial charge in [0.2, 0.25) is 0 Å². The van der Waals surface area contributed by atoms with Crippen LogP contribution in [0.5, 0.6) is 5.75 Å². The first-order chi connectivity index (χ1) is 14.6. The second kappa shape index (κ2) is 8.16. The molecule has 0 saturated carbocycles. The summed E-state index contributed by atoms with van der Waals surface area (Å²) < 4.78 is 50.4. The van der Waals surface area contributed by atoms with E-state index in [-0.39, 0.29) is 11.1 Å². The van der Waals surface area contributed by atoms with Crippen LogP contribution in [0.2, 0.25) is 5.02 Å². The zero-order valence-electron chi connectivity index (χ0n) is 17.3.